The van der Waals surface area contributed by atoms with Crippen molar-refractivity contribution < 1.29 is 18.1 Å². The average Bonchev–Trinajstić information content (AvgIpc) is 3.29. The molecule has 1 unspecified atom stereocenters. The van der Waals surface area contributed by atoms with Crippen LogP contribution in [0, 0.1) is 12.7 Å². The number of fused-ring (bicyclic) bond motifs is 2. The third-order valence-electron chi connectivity index (χ3n) is 5.37. The lowest BCUT2D eigenvalue weighted by Gasteiger charge is -2.22. The average molecular weight is 404 g/mol. The van der Waals surface area contributed by atoms with E-state index >= 15 is 0 Å². The Morgan fingerprint density at radius 1 is 1.13 bits per heavy atom. The number of nitrogens with zero attached hydrogens (tertiary/aromatic N) is 2. The number of hydrogen-bond donors (Lipinski definition) is 0. The molecule has 0 fully saturated rings. The molecule has 2 aromatic heterocycles. The Morgan fingerprint density at radius 3 is 2.67 bits per heavy atom. The summed E-state index contributed by atoms with van der Waals surface area (Å²) in [6.45, 7) is 3.69. The number of carbonyl (C=O) groups excluding carboxylic acids is 1. The topological polar surface area (TPSA) is 76.6 Å². The molecule has 2 aromatic carbocycles. The van der Waals surface area contributed by atoms with Crippen molar-refractivity contribution in [3.8, 4) is 0 Å². The van der Waals surface area contributed by atoms with E-state index < -0.39 is 17.8 Å². The first-order chi connectivity index (χ1) is 14.5. The second-order valence-electron chi connectivity index (χ2n) is 7.29. The van der Waals surface area contributed by atoms with E-state index in [1.807, 2.05) is 13.0 Å². The predicted octanol–water partition coefficient (Wildman–Crippen LogP) is 4.54. The lowest BCUT2D eigenvalue weighted by molar-refractivity contribution is 0.0969. The number of amides is 1. The molecular formula is C23H17FN2O4. The van der Waals surface area contributed by atoms with E-state index in [1.54, 1.807) is 31.2 Å². The van der Waals surface area contributed by atoms with Crippen LogP contribution in [0.15, 0.2) is 62.3 Å². The zero-order valence-electron chi connectivity index (χ0n) is 16.3. The van der Waals surface area contributed by atoms with Crippen LogP contribution < -0.4 is 10.3 Å². The first kappa shape index (κ1) is 18.3. The molecule has 0 bridgehead atoms. The third-order valence-corrected chi connectivity index (χ3v) is 5.37. The molecule has 0 radical (unpaired) electrons. The van der Waals surface area contributed by atoms with Crippen molar-refractivity contribution in [1.82, 2.24) is 5.16 Å². The molecule has 3 heterocycles. The lowest BCUT2D eigenvalue weighted by atomic mass is 9.98. The van der Waals surface area contributed by atoms with E-state index in [2.05, 4.69) is 5.16 Å². The van der Waals surface area contributed by atoms with Gasteiger partial charge in [-0.15, -0.1) is 0 Å². The zero-order valence-corrected chi connectivity index (χ0v) is 16.3. The van der Waals surface area contributed by atoms with Gasteiger partial charge in [0, 0.05) is 6.07 Å². The van der Waals surface area contributed by atoms with E-state index in [1.165, 1.54) is 23.1 Å². The van der Waals surface area contributed by atoms with Crippen molar-refractivity contribution in [1.29, 1.82) is 0 Å². The Bertz CT molecular complexity index is 1370. The first-order valence-electron chi connectivity index (χ1n) is 9.60. The maximum Gasteiger partial charge on any atom is 0.296 e. The van der Waals surface area contributed by atoms with Crippen LogP contribution in [-0.4, -0.2) is 11.1 Å². The normalized spacial score (nSPS) is 15.8. The van der Waals surface area contributed by atoms with Crippen molar-refractivity contribution in [2.45, 2.75) is 26.3 Å². The number of halogens is 1. The minimum absolute atomic E-state index is 0.0633. The van der Waals surface area contributed by atoms with Crippen LogP contribution >= 0.6 is 0 Å². The monoisotopic (exact) mass is 404 g/mol. The Hall–Kier alpha value is -3.74. The molecule has 0 saturated heterocycles. The summed E-state index contributed by atoms with van der Waals surface area (Å²) in [6.07, 6.45) is 0.753. The van der Waals surface area contributed by atoms with E-state index in [9.17, 15) is 14.0 Å². The van der Waals surface area contributed by atoms with Crippen molar-refractivity contribution in [2.75, 3.05) is 4.90 Å². The highest BCUT2D eigenvalue weighted by atomic mass is 19.1. The van der Waals surface area contributed by atoms with Crippen molar-refractivity contribution in [2.24, 2.45) is 0 Å². The van der Waals surface area contributed by atoms with Gasteiger partial charge in [-0.2, -0.15) is 0 Å². The molecule has 0 aliphatic carbocycles. The summed E-state index contributed by atoms with van der Waals surface area (Å²) in [5, 5.41) is 4.34. The lowest BCUT2D eigenvalue weighted by Crippen LogP contribution is -2.29. The van der Waals surface area contributed by atoms with E-state index in [-0.39, 0.29) is 22.6 Å². The van der Waals surface area contributed by atoms with Crippen LogP contribution in [0.1, 0.15) is 46.0 Å². The number of anilines is 1. The van der Waals surface area contributed by atoms with Crippen LogP contribution in [-0.2, 0) is 6.42 Å². The van der Waals surface area contributed by atoms with Gasteiger partial charge >= 0.3 is 0 Å². The fourth-order valence-corrected chi connectivity index (χ4v) is 3.94. The van der Waals surface area contributed by atoms with Gasteiger partial charge in [0.05, 0.1) is 17.0 Å². The summed E-state index contributed by atoms with van der Waals surface area (Å²) in [5.74, 6) is -0.319. The smallest absolute Gasteiger partial charge is 0.296 e. The SMILES string of the molecule is CCc1ccc2oc3c(c(=O)c2c1)C(c1cccc(F)c1)N(c1cc(C)on1)C3=O. The second-order valence-corrected chi connectivity index (χ2v) is 7.29. The summed E-state index contributed by atoms with van der Waals surface area (Å²) in [6, 6.07) is 11.9. The van der Waals surface area contributed by atoms with Gasteiger partial charge in [-0.1, -0.05) is 30.3 Å². The summed E-state index contributed by atoms with van der Waals surface area (Å²) < 4.78 is 25.1. The zero-order chi connectivity index (χ0) is 21.0. The highest BCUT2D eigenvalue weighted by Gasteiger charge is 2.45. The maximum absolute atomic E-state index is 14.0. The van der Waals surface area contributed by atoms with Crippen molar-refractivity contribution >= 4 is 22.7 Å². The quantitative estimate of drug-likeness (QED) is 0.501. The van der Waals surface area contributed by atoms with Crippen LogP contribution in [0.3, 0.4) is 0 Å². The molecule has 1 atom stereocenters. The van der Waals surface area contributed by atoms with E-state index in [4.69, 9.17) is 8.94 Å². The molecule has 6 nitrogen and oxygen atoms in total. The number of hydrogen-bond acceptors (Lipinski definition) is 5. The van der Waals surface area contributed by atoms with Gasteiger partial charge in [0.15, 0.2) is 11.2 Å². The van der Waals surface area contributed by atoms with Gasteiger partial charge in [-0.25, -0.2) is 4.39 Å². The molecule has 1 aliphatic heterocycles. The number of rotatable bonds is 3. The molecule has 150 valence electrons. The van der Waals surface area contributed by atoms with Crippen LogP contribution in [0.4, 0.5) is 10.2 Å². The van der Waals surface area contributed by atoms with Crippen molar-refractivity contribution in [3.05, 3.63) is 92.8 Å². The molecule has 30 heavy (non-hydrogen) atoms. The third kappa shape index (κ3) is 2.66. The fourth-order valence-electron chi connectivity index (χ4n) is 3.94. The molecule has 0 spiro atoms. The molecule has 7 heteroatoms. The summed E-state index contributed by atoms with van der Waals surface area (Å²) in [7, 11) is 0. The van der Waals surface area contributed by atoms with Crippen molar-refractivity contribution in [3.63, 3.8) is 0 Å². The number of carbonyl (C=O) groups is 1. The summed E-state index contributed by atoms with van der Waals surface area (Å²) in [4.78, 5) is 28.1. The highest BCUT2D eigenvalue weighted by Crippen LogP contribution is 2.41. The van der Waals surface area contributed by atoms with Gasteiger partial charge in [-0.3, -0.25) is 14.5 Å². The fraction of sp³-hybridized carbons (Fsp3) is 0.174. The number of benzene rings is 2. The Morgan fingerprint density at radius 2 is 1.97 bits per heavy atom. The molecule has 5 rings (SSSR count). The molecule has 0 saturated carbocycles. The Labute approximate surface area is 170 Å². The molecule has 0 N–H and O–H groups in total. The maximum atomic E-state index is 14.0. The van der Waals surface area contributed by atoms with E-state index in [0.29, 0.717) is 22.3 Å². The summed E-state index contributed by atoms with van der Waals surface area (Å²) >= 11 is 0. The first-order valence-corrected chi connectivity index (χ1v) is 9.60. The van der Waals surface area contributed by atoms with Gasteiger partial charge in [0.1, 0.15) is 17.2 Å². The van der Waals surface area contributed by atoms with Gasteiger partial charge in [-0.05, 0) is 48.7 Å². The Kier molecular flexibility index (Phi) is 4.06. The minimum atomic E-state index is -0.876. The Balaban J connectivity index is 1.82. The minimum Gasteiger partial charge on any atom is -0.450 e. The number of aryl methyl sites for hydroxylation is 2. The van der Waals surface area contributed by atoms with Gasteiger partial charge < -0.3 is 8.94 Å². The van der Waals surface area contributed by atoms with Gasteiger partial charge in [0.25, 0.3) is 5.91 Å². The van der Waals surface area contributed by atoms with Crippen LogP contribution in [0.5, 0.6) is 0 Å². The summed E-state index contributed by atoms with van der Waals surface area (Å²) in [5.41, 5.74) is 1.62. The van der Waals surface area contributed by atoms with Gasteiger partial charge in [0.2, 0.25) is 5.76 Å². The highest BCUT2D eigenvalue weighted by molar-refractivity contribution is 6.10. The second kappa shape index (κ2) is 6.66. The number of aromatic nitrogens is 1. The van der Waals surface area contributed by atoms with Crippen LogP contribution in [0.25, 0.3) is 11.0 Å². The van der Waals surface area contributed by atoms with Crippen LogP contribution in [0.2, 0.25) is 0 Å². The largest absolute Gasteiger partial charge is 0.450 e. The van der Waals surface area contributed by atoms with E-state index in [0.717, 1.165) is 12.0 Å². The molecule has 1 amide bonds. The predicted molar refractivity (Wildman–Crippen MR) is 108 cm³/mol. The molecular weight excluding hydrogens is 387 g/mol. The molecule has 1 aliphatic rings. The standard InChI is InChI=1S/C23H17FN2O4/c1-3-13-7-8-17-16(10-13)21(27)19-20(14-5-4-6-15(24)11-14)26(23(28)22(19)29-17)18-9-12(2)30-25-18/h4-11,20H,3H2,1-2H3. The molecule has 4 aromatic rings.